The lowest BCUT2D eigenvalue weighted by atomic mass is 10.0. The van der Waals surface area contributed by atoms with Gasteiger partial charge in [-0.05, 0) is 53.4 Å². The Kier molecular flexibility index (Phi) is 12.3. The molecule has 0 saturated heterocycles. The summed E-state index contributed by atoms with van der Waals surface area (Å²) in [6, 6.07) is 28.0. The lowest BCUT2D eigenvalue weighted by Crippen LogP contribution is -2.53. The van der Waals surface area contributed by atoms with Crippen LogP contribution in [0.5, 0.6) is 11.5 Å². The summed E-state index contributed by atoms with van der Waals surface area (Å²) in [5.41, 5.74) is 1.67. The molecule has 9 nitrogen and oxygen atoms in total. The highest BCUT2D eigenvalue weighted by atomic mass is 35.5. The number of nitrogens with one attached hydrogen (secondary N) is 1. The van der Waals surface area contributed by atoms with Crippen molar-refractivity contribution < 1.29 is 27.5 Å². The van der Waals surface area contributed by atoms with Gasteiger partial charge in [0.2, 0.25) is 11.8 Å². The molecule has 0 aliphatic rings. The molecule has 11 heteroatoms. The number of rotatable bonds is 15. The third-order valence-electron chi connectivity index (χ3n) is 7.49. The highest BCUT2D eigenvalue weighted by Gasteiger charge is 2.35. The number of carbonyl (C=O) groups is 2. The maximum Gasteiger partial charge on any atom is 0.264 e. The number of methoxy groups -OCH3 is 2. The van der Waals surface area contributed by atoms with Crippen LogP contribution < -0.4 is 19.1 Å². The topological polar surface area (TPSA) is 105 Å². The molecule has 1 atom stereocenters. The van der Waals surface area contributed by atoms with Crippen LogP contribution in [0, 0.1) is 5.92 Å². The second-order valence-corrected chi connectivity index (χ2v) is 13.7. The molecule has 0 aliphatic heterocycles. The average molecular weight is 678 g/mol. The zero-order chi connectivity index (χ0) is 34.0. The van der Waals surface area contributed by atoms with E-state index in [1.807, 2.05) is 44.2 Å². The van der Waals surface area contributed by atoms with Gasteiger partial charge in [0.05, 0.1) is 24.8 Å². The normalized spacial score (nSPS) is 11.9. The summed E-state index contributed by atoms with van der Waals surface area (Å²) in [6.07, 6.45) is 0.206. The number of hydrogen-bond donors (Lipinski definition) is 1. The van der Waals surface area contributed by atoms with Crippen molar-refractivity contribution >= 4 is 39.1 Å². The minimum absolute atomic E-state index is 0.0163. The van der Waals surface area contributed by atoms with Gasteiger partial charge in [-0.2, -0.15) is 0 Å². The molecule has 0 spiro atoms. The van der Waals surface area contributed by atoms with Crippen LogP contribution in [0.3, 0.4) is 0 Å². The maximum atomic E-state index is 14.6. The third kappa shape index (κ3) is 9.27. The molecule has 248 valence electrons. The number of anilines is 1. The number of carbonyl (C=O) groups excluding carboxylic acids is 2. The van der Waals surface area contributed by atoms with Crippen LogP contribution in [-0.2, 0) is 32.6 Å². The van der Waals surface area contributed by atoms with Crippen LogP contribution in [0.15, 0.2) is 108 Å². The summed E-state index contributed by atoms with van der Waals surface area (Å²) in [5, 5.41) is 3.51. The Morgan fingerprint density at radius 3 is 2.06 bits per heavy atom. The van der Waals surface area contributed by atoms with Crippen molar-refractivity contribution in [2.24, 2.45) is 5.92 Å². The molecule has 4 aromatic rings. The fourth-order valence-electron chi connectivity index (χ4n) is 4.99. The molecular weight excluding hydrogens is 638 g/mol. The Bertz CT molecular complexity index is 1740. The largest absolute Gasteiger partial charge is 0.497 e. The molecular formula is C36H40ClN3O6S. The van der Waals surface area contributed by atoms with Gasteiger partial charge in [0.25, 0.3) is 10.0 Å². The van der Waals surface area contributed by atoms with Crippen molar-refractivity contribution in [3.8, 4) is 11.5 Å². The van der Waals surface area contributed by atoms with Crippen molar-refractivity contribution in [2.45, 2.75) is 37.8 Å². The number of halogens is 1. The molecule has 0 aliphatic carbocycles. The van der Waals surface area contributed by atoms with Crippen molar-refractivity contribution in [1.29, 1.82) is 0 Å². The molecule has 2 amide bonds. The van der Waals surface area contributed by atoms with E-state index in [1.165, 1.54) is 37.3 Å². The van der Waals surface area contributed by atoms with E-state index in [9.17, 15) is 18.0 Å². The number of amides is 2. The second-order valence-electron chi connectivity index (χ2n) is 11.4. The highest BCUT2D eigenvalue weighted by Crippen LogP contribution is 2.36. The molecule has 47 heavy (non-hydrogen) atoms. The summed E-state index contributed by atoms with van der Waals surface area (Å²) >= 11 is 6.16. The lowest BCUT2D eigenvalue weighted by molar-refractivity contribution is -0.140. The first-order valence-corrected chi connectivity index (χ1v) is 17.0. The number of hydrogen-bond acceptors (Lipinski definition) is 6. The Labute approximate surface area is 282 Å². The van der Waals surface area contributed by atoms with Gasteiger partial charge in [0, 0.05) is 30.6 Å². The van der Waals surface area contributed by atoms with Gasteiger partial charge in [0.1, 0.15) is 24.1 Å². The van der Waals surface area contributed by atoms with Crippen molar-refractivity contribution in [3.05, 3.63) is 119 Å². The van der Waals surface area contributed by atoms with E-state index in [1.54, 1.807) is 54.6 Å². The molecule has 0 heterocycles. The van der Waals surface area contributed by atoms with E-state index in [2.05, 4.69) is 5.32 Å². The van der Waals surface area contributed by atoms with E-state index in [0.717, 1.165) is 9.87 Å². The average Bonchev–Trinajstić information content (AvgIpc) is 3.08. The van der Waals surface area contributed by atoms with Crippen LogP contribution in [0.1, 0.15) is 25.0 Å². The van der Waals surface area contributed by atoms with Gasteiger partial charge < -0.3 is 19.7 Å². The molecule has 4 aromatic carbocycles. The van der Waals surface area contributed by atoms with Crippen LogP contribution >= 0.6 is 11.6 Å². The molecule has 0 unspecified atom stereocenters. The minimum Gasteiger partial charge on any atom is -0.497 e. The SMILES string of the molecule is COc1ccc(OC)c(N(CC(=O)N(Cc2ccc(Cl)cc2)[C@@H](Cc2ccccc2)C(=O)NCC(C)C)S(=O)(=O)c2ccccc2)c1. The summed E-state index contributed by atoms with van der Waals surface area (Å²) in [6.45, 7) is 3.77. The quantitative estimate of drug-likeness (QED) is 0.166. The predicted molar refractivity (Wildman–Crippen MR) is 184 cm³/mol. The van der Waals surface area contributed by atoms with Gasteiger partial charge in [-0.25, -0.2) is 8.42 Å². The Hall–Kier alpha value is -4.54. The standard InChI is InChI=1S/C36H40ClN3O6S/c1-26(2)23-38-36(42)33(21-27-11-7-5-8-12-27)39(24-28-15-17-29(37)18-16-28)35(41)25-40(47(43,44)31-13-9-6-10-14-31)32-22-30(45-3)19-20-34(32)46-4/h5-20,22,26,33H,21,23-25H2,1-4H3,(H,38,42)/t33-/m0/s1. The Balaban J connectivity index is 1.85. The molecule has 0 fully saturated rings. The van der Waals surface area contributed by atoms with Crippen LogP contribution in [0.4, 0.5) is 5.69 Å². The first kappa shape index (κ1) is 35.3. The number of sulfonamides is 1. The second kappa shape index (κ2) is 16.3. The van der Waals surface area contributed by atoms with Crippen LogP contribution in [0.2, 0.25) is 5.02 Å². The van der Waals surface area contributed by atoms with Crippen LogP contribution in [0.25, 0.3) is 0 Å². The van der Waals surface area contributed by atoms with E-state index in [0.29, 0.717) is 22.9 Å². The van der Waals surface area contributed by atoms with Gasteiger partial charge in [-0.15, -0.1) is 0 Å². The molecule has 0 saturated carbocycles. The summed E-state index contributed by atoms with van der Waals surface area (Å²) in [4.78, 5) is 30.0. The highest BCUT2D eigenvalue weighted by molar-refractivity contribution is 7.92. The van der Waals surface area contributed by atoms with E-state index < -0.39 is 28.5 Å². The summed E-state index contributed by atoms with van der Waals surface area (Å²) in [7, 11) is -1.43. The van der Waals surface area contributed by atoms with E-state index in [4.69, 9.17) is 21.1 Å². The number of ether oxygens (including phenoxy) is 2. The number of nitrogens with zero attached hydrogens (tertiary/aromatic N) is 2. The predicted octanol–water partition coefficient (Wildman–Crippen LogP) is 5.96. The Morgan fingerprint density at radius 2 is 1.47 bits per heavy atom. The molecule has 1 N–H and O–H groups in total. The summed E-state index contributed by atoms with van der Waals surface area (Å²) < 4.78 is 40.6. The monoisotopic (exact) mass is 677 g/mol. The first-order valence-electron chi connectivity index (χ1n) is 15.2. The fourth-order valence-corrected chi connectivity index (χ4v) is 6.55. The van der Waals surface area contributed by atoms with Gasteiger partial charge in [0.15, 0.2) is 0 Å². The first-order chi connectivity index (χ1) is 22.5. The maximum absolute atomic E-state index is 14.6. The van der Waals surface area contributed by atoms with E-state index >= 15 is 0 Å². The van der Waals surface area contributed by atoms with E-state index in [-0.39, 0.29) is 41.1 Å². The zero-order valence-corrected chi connectivity index (χ0v) is 28.5. The third-order valence-corrected chi connectivity index (χ3v) is 9.51. The zero-order valence-electron chi connectivity index (χ0n) is 26.9. The Morgan fingerprint density at radius 1 is 0.830 bits per heavy atom. The molecule has 0 bridgehead atoms. The van der Waals surface area contributed by atoms with Gasteiger partial charge in [-0.1, -0.05) is 86.1 Å². The van der Waals surface area contributed by atoms with Crippen molar-refractivity contribution in [2.75, 3.05) is 31.6 Å². The minimum atomic E-state index is -4.31. The summed E-state index contributed by atoms with van der Waals surface area (Å²) in [5.74, 6) is -0.178. The smallest absolute Gasteiger partial charge is 0.264 e. The molecule has 4 rings (SSSR count). The van der Waals surface area contributed by atoms with Crippen molar-refractivity contribution in [3.63, 3.8) is 0 Å². The molecule has 0 radical (unpaired) electrons. The van der Waals surface area contributed by atoms with Gasteiger partial charge >= 0.3 is 0 Å². The van der Waals surface area contributed by atoms with Crippen molar-refractivity contribution in [1.82, 2.24) is 10.2 Å². The van der Waals surface area contributed by atoms with Gasteiger partial charge in [-0.3, -0.25) is 13.9 Å². The fraction of sp³-hybridized carbons (Fsp3) is 0.278. The molecule has 0 aromatic heterocycles. The lowest BCUT2D eigenvalue weighted by Gasteiger charge is -2.34. The van der Waals surface area contributed by atoms with Crippen LogP contribution in [-0.4, -0.2) is 58.5 Å². The number of benzene rings is 4.